The Balaban J connectivity index is 3.27. The van der Waals surface area contributed by atoms with Gasteiger partial charge in [-0.3, -0.25) is 0 Å². The minimum atomic E-state index is -0.426. The highest BCUT2D eigenvalue weighted by Gasteiger charge is 2.05. The van der Waals surface area contributed by atoms with Gasteiger partial charge in [0, 0.05) is 10.0 Å². The lowest BCUT2D eigenvalue weighted by Crippen LogP contribution is -1.82. The predicted molar refractivity (Wildman–Crippen MR) is 49.4 cm³/mol. The Morgan fingerprint density at radius 3 is 2.64 bits per heavy atom. The van der Waals surface area contributed by atoms with Crippen molar-refractivity contribution in [1.29, 1.82) is 0 Å². The fourth-order valence-corrected chi connectivity index (χ4v) is 1.40. The lowest BCUT2D eigenvalue weighted by Gasteiger charge is -2.00. The first kappa shape index (κ1) is 8.75. The molecule has 0 aliphatic heterocycles. The predicted octanol–water partition coefficient (Wildman–Crippen LogP) is 3.84. The maximum atomic E-state index is 12.7. The molecule has 0 amide bonds. The molecule has 0 nitrogen and oxygen atoms in total. The molecule has 0 spiro atoms. The first-order valence-electron chi connectivity index (χ1n) is 2.91. The zero-order chi connectivity index (χ0) is 8.43. The van der Waals surface area contributed by atoms with E-state index in [2.05, 4.69) is 22.5 Å². The topological polar surface area (TPSA) is 0 Å². The summed E-state index contributed by atoms with van der Waals surface area (Å²) in [5.74, 6) is -0.426. The Labute approximate surface area is 77.8 Å². The lowest BCUT2D eigenvalue weighted by molar-refractivity contribution is 0.628. The summed E-state index contributed by atoms with van der Waals surface area (Å²) in [6, 6.07) is 4.59. The number of rotatable bonds is 1. The van der Waals surface area contributed by atoms with E-state index >= 15 is 0 Å². The Morgan fingerprint density at radius 2 is 2.18 bits per heavy atom. The van der Waals surface area contributed by atoms with Gasteiger partial charge in [-0.2, -0.15) is 0 Å². The molecule has 0 fully saturated rings. The number of benzene rings is 1. The van der Waals surface area contributed by atoms with Gasteiger partial charge in [-0.25, -0.2) is 4.39 Å². The third kappa shape index (κ3) is 1.82. The fourth-order valence-electron chi connectivity index (χ4n) is 0.713. The van der Waals surface area contributed by atoms with Gasteiger partial charge in [0.15, 0.2) is 0 Å². The van der Waals surface area contributed by atoms with Crippen LogP contribution in [0.3, 0.4) is 0 Å². The van der Waals surface area contributed by atoms with Crippen LogP contribution in [-0.4, -0.2) is 0 Å². The highest BCUT2D eigenvalue weighted by molar-refractivity contribution is 9.15. The van der Waals surface area contributed by atoms with Gasteiger partial charge in [-0.1, -0.05) is 46.2 Å². The molecule has 0 saturated carbocycles. The minimum Gasteiger partial charge on any atom is -0.205 e. The number of hydrogen-bond acceptors (Lipinski definition) is 0. The van der Waals surface area contributed by atoms with Crippen molar-refractivity contribution in [3.63, 3.8) is 0 Å². The van der Waals surface area contributed by atoms with Crippen LogP contribution in [0.5, 0.6) is 0 Å². The van der Waals surface area contributed by atoms with Crippen molar-refractivity contribution in [1.82, 2.24) is 0 Å². The van der Waals surface area contributed by atoms with E-state index in [0.717, 1.165) is 0 Å². The zero-order valence-corrected chi connectivity index (χ0v) is 7.91. The third-order valence-electron chi connectivity index (χ3n) is 1.24. The molecule has 3 heteroatoms. The Kier molecular flexibility index (Phi) is 2.68. The van der Waals surface area contributed by atoms with Crippen molar-refractivity contribution >= 4 is 32.0 Å². The van der Waals surface area contributed by atoms with Gasteiger partial charge in [0.1, 0.15) is 5.82 Å². The smallest absolute Gasteiger partial charge is 0.142 e. The van der Waals surface area contributed by atoms with Crippen LogP contribution >= 0.6 is 27.5 Å². The first-order valence-corrected chi connectivity index (χ1v) is 4.09. The molecular formula is C8H5BrClF. The molecule has 0 heterocycles. The average Bonchev–Trinajstić information content (AvgIpc) is 1.94. The second-order valence-electron chi connectivity index (χ2n) is 2.01. The maximum absolute atomic E-state index is 12.7. The standard InChI is InChI=1S/C8H5BrClF/c1-5(9)6-3-2-4-7(11)8(6)10/h2-4H,1H2. The van der Waals surface area contributed by atoms with E-state index in [4.69, 9.17) is 11.6 Å². The van der Waals surface area contributed by atoms with Crippen molar-refractivity contribution in [3.8, 4) is 0 Å². The summed E-state index contributed by atoms with van der Waals surface area (Å²) in [5, 5.41) is 0.106. The van der Waals surface area contributed by atoms with Crippen LogP contribution in [0.2, 0.25) is 5.02 Å². The molecule has 58 valence electrons. The summed E-state index contributed by atoms with van der Waals surface area (Å²) in [6.45, 7) is 3.59. The van der Waals surface area contributed by atoms with Gasteiger partial charge in [0.25, 0.3) is 0 Å². The van der Waals surface area contributed by atoms with Gasteiger partial charge < -0.3 is 0 Å². The Hall–Kier alpha value is -0.340. The molecule has 0 aliphatic rings. The molecular weight excluding hydrogens is 230 g/mol. The van der Waals surface area contributed by atoms with Crippen LogP contribution in [-0.2, 0) is 0 Å². The van der Waals surface area contributed by atoms with Crippen LogP contribution in [0.15, 0.2) is 24.8 Å². The highest BCUT2D eigenvalue weighted by Crippen LogP contribution is 2.28. The first-order chi connectivity index (χ1) is 5.13. The Bertz CT molecular complexity index is 296. The van der Waals surface area contributed by atoms with E-state index in [0.29, 0.717) is 10.0 Å². The highest BCUT2D eigenvalue weighted by atomic mass is 79.9. The molecule has 0 unspecified atom stereocenters. The molecule has 0 radical (unpaired) electrons. The third-order valence-corrected chi connectivity index (χ3v) is 2.06. The summed E-state index contributed by atoms with van der Waals surface area (Å²) < 4.78 is 13.3. The van der Waals surface area contributed by atoms with Crippen LogP contribution in [0.1, 0.15) is 5.56 Å². The maximum Gasteiger partial charge on any atom is 0.142 e. The van der Waals surface area contributed by atoms with E-state index in [9.17, 15) is 4.39 Å². The molecule has 11 heavy (non-hydrogen) atoms. The average molecular weight is 235 g/mol. The molecule has 0 atom stereocenters. The molecule has 0 N–H and O–H groups in total. The monoisotopic (exact) mass is 234 g/mol. The summed E-state index contributed by atoms with van der Waals surface area (Å²) in [4.78, 5) is 0. The van der Waals surface area contributed by atoms with Gasteiger partial charge in [-0.15, -0.1) is 0 Å². The molecule has 1 aromatic rings. The van der Waals surface area contributed by atoms with E-state index in [1.54, 1.807) is 12.1 Å². The Morgan fingerprint density at radius 1 is 1.55 bits per heavy atom. The van der Waals surface area contributed by atoms with E-state index in [-0.39, 0.29) is 5.02 Å². The quantitative estimate of drug-likeness (QED) is 0.694. The van der Waals surface area contributed by atoms with Crippen LogP contribution < -0.4 is 0 Å². The van der Waals surface area contributed by atoms with Crippen LogP contribution in [0.25, 0.3) is 4.48 Å². The second-order valence-corrected chi connectivity index (χ2v) is 3.34. The summed E-state index contributed by atoms with van der Waals surface area (Å²) >= 11 is 8.74. The largest absolute Gasteiger partial charge is 0.205 e. The van der Waals surface area contributed by atoms with Crippen molar-refractivity contribution in [3.05, 3.63) is 41.2 Å². The van der Waals surface area contributed by atoms with Crippen molar-refractivity contribution in [2.75, 3.05) is 0 Å². The molecule has 0 saturated heterocycles. The molecule has 0 aromatic heterocycles. The van der Waals surface area contributed by atoms with Crippen LogP contribution in [0.4, 0.5) is 4.39 Å². The summed E-state index contributed by atoms with van der Waals surface area (Å²) in [5.41, 5.74) is 0.590. The van der Waals surface area contributed by atoms with E-state index in [1.165, 1.54) is 6.07 Å². The SMILES string of the molecule is C=C(Br)c1cccc(F)c1Cl. The van der Waals surface area contributed by atoms with Crippen molar-refractivity contribution in [2.24, 2.45) is 0 Å². The summed E-state index contributed by atoms with van der Waals surface area (Å²) in [7, 11) is 0. The zero-order valence-electron chi connectivity index (χ0n) is 5.57. The van der Waals surface area contributed by atoms with Crippen molar-refractivity contribution in [2.45, 2.75) is 0 Å². The van der Waals surface area contributed by atoms with Gasteiger partial charge in [-0.05, 0) is 6.07 Å². The normalized spacial score (nSPS) is 9.73. The number of halogens is 3. The van der Waals surface area contributed by atoms with Gasteiger partial charge in [0.05, 0.1) is 5.02 Å². The molecule has 0 bridgehead atoms. The number of hydrogen-bond donors (Lipinski definition) is 0. The van der Waals surface area contributed by atoms with Gasteiger partial charge in [0.2, 0.25) is 0 Å². The molecule has 1 rings (SSSR count). The van der Waals surface area contributed by atoms with E-state index in [1.807, 2.05) is 0 Å². The van der Waals surface area contributed by atoms with Crippen molar-refractivity contribution < 1.29 is 4.39 Å². The fraction of sp³-hybridized carbons (Fsp3) is 0. The lowest BCUT2D eigenvalue weighted by atomic mass is 10.2. The minimum absolute atomic E-state index is 0.106. The van der Waals surface area contributed by atoms with Crippen LogP contribution in [0, 0.1) is 5.82 Å². The molecule has 1 aromatic carbocycles. The van der Waals surface area contributed by atoms with Gasteiger partial charge >= 0.3 is 0 Å². The van der Waals surface area contributed by atoms with E-state index < -0.39 is 5.82 Å². The molecule has 0 aliphatic carbocycles. The second kappa shape index (κ2) is 3.37. The summed E-state index contributed by atoms with van der Waals surface area (Å²) in [6.07, 6.45) is 0.